The topological polar surface area (TPSA) is 74.8 Å². The van der Waals surface area contributed by atoms with Gasteiger partial charge in [-0.25, -0.2) is 0 Å². The Balaban J connectivity index is 1.44. The third-order valence-corrected chi connectivity index (χ3v) is 6.51. The second kappa shape index (κ2) is 10.4. The minimum Gasteiger partial charge on any atom is -0.385 e. The third kappa shape index (κ3) is 5.10. The van der Waals surface area contributed by atoms with E-state index >= 15 is 0 Å². The molecule has 4 rings (SSSR count). The molecule has 7 nitrogen and oxygen atoms in total. The van der Waals surface area contributed by atoms with E-state index in [1.807, 2.05) is 11.0 Å². The first-order valence-electron chi connectivity index (χ1n) is 11.8. The lowest BCUT2D eigenvalue weighted by molar-refractivity contribution is -0.122. The number of aryl methyl sites for hydroxylation is 2. The van der Waals surface area contributed by atoms with Crippen LogP contribution in [0, 0.1) is 6.92 Å². The highest BCUT2D eigenvalue weighted by molar-refractivity contribution is 6.08. The predicted octanol–water partition coefficient (Wildman–Crippen LogP) is 2.33. The van der Waals surface area contributed by atoms with Crippen LogP contribution >= 0.6 is 0 Å². The number of benzene rings is 1. The van der Waals surface area contributed by atoms with Gasteiger partial charge in [-0.2, -0.15) is 0 Å². The quantitative estimate of drug-likeness (QED) is 0.672. The van der Waals surface area contributed by atoms with Crippen LogP contribution in [0.2, 0.25) is 0 Å². The van der Waals surface area contributed by atoms with Crippen LogP contribution in [0.25, 0.3) is 10.9 Å². The van der Waals surface area contributed by atoms with E-state index in [1.165, 1.54) is 0 Å². The molecule has 1 aromatic carbocycles. The summed E-state index contributed by atoms with van der Waals surface area (Å²) in [7, 11) is 1.66. The normalized spacial score (nSPS) is 16.8. The molecule has 1 saturated heterocycles. The molecule has 2 amide bonds. The van der Waals surface area contributed by atoms with Crippen LogP contribution in [-0.4, -0.2) is 79.6 Å². The Morgan fingerprint density at radius 2 is 1.91 bits per heavy atom. The number of amides is 2. The molecule has 7 heteroatoms. The van der Waals surface area contributed by atoms with E-state index in [1.54, 1.807) is 7.11 Å². The smallest absolute Gasteiger partial charge is 0.254 e. The molecule has 0 atom stereocenters. The maximum atomic E-state index is 13.7. The number of nitrogens with zero attached hydrogens (tertiary/aromatic N) is 3. The van der Waals surface area contributed by atoms with Crippen molar-refractivity contribution in [1.82, 2.24) is 20.1 Å². The number of nitrogens with one attached hydrogen (secondary N) is 1. The number of hydrogen-bond donors (Lipinski definition) is 1. The van der Waals surface area contributed by atoms with Gasteiger partial charge in [-0.1, -0.05) is 11.6 Å². The van der Waals surface area contributed by atoms with Crippen LogP contribution < -0.4 is 5.32 Å². The number of aromatic nitrogens is 1. The molecule has 0 spiro atoms. The first kappa shape index (κ1) is 22.7. The summed E-state index contributed by atoms with van der Waals surface area (Å²) in [6.45, 7) is 6.41. The lowest BCUT2D eigenvalue weighted by Crippen LogP contribution is -2.51. The zero-order valence-corrected chi connectivity index (χ0v) is 19.3. The van der Waals surface area contributed by atoms with Crippen molar-refractivity contribution in [2.24, 2.45) is 0 Å². The highest BCUT2D eigenvalue weighted by atomic mass is 16.5. The molecular formula is C25H34N4O3. The Labute approximate surface area is 190 Å². The van der Waals surface area contributed by atoms with Crippen molar-refractivity contribution >= 4 is 22.7 Å². The van der Waals surface area contributed by atoms with Crippen LogP contribution in [0.15, 0.2) is 18.2 Å². The molecule has 32 heavy (non-hydrogen) atoms. The van der Waals surface area contributed by atoms with E-state index in [4.69, 9.17) is 9.72 Å². The minimum atomic E-state index is 0.0329. The summed E-state index contributed by atoms with van der Waals surface area (Å²) in [5, 5.41) is 3.92. The minimum absolute atomic E-state index is 0.0329. The van der Waals surface area contributed by atoms with Gasteiger partial charge in [0, 0.05) is 57.5 Å². The molecule has 1 aromatic heterocycles. The summed E-state index contributed by atoms with van der Waals surface area (Å²) in [6.07, 6.45) is 4.94. The molecule has 0 saturated carbocycles. The lowest BCUT2D eigenvalue weighted by Gasteiger charge is -2.35. The van der Waals surface area contributed by atoms with Crippen LogP contribution in [0.3, 0.4) is 0 Å². The van der Waals surface area contributed by atoms with Gasteiger partial charge < -0.3 is 15.0 Å². The van der Waals surface area contributed by atoms with E-state index in [2.05, 4.69) is 29.3 Å². The molecule has 1 N–H and O–H groups in total. The number of fused-ring (bicyclic) bond motifs is 2. The van der Waals surface area contributed by atoms with Crippen LogP contribution in [0.1, 0.15) is 46.4 Å². The van der Waals surface area contributed by atoms with E-state index in [0.29, 0.717) is 45.9 Å². The van der Waals surface area contributed by atoms with Gasteiger partial charge in [0.25, 0.3) is 5.91 Å². The van der Waals surface area contributed by atoms with Gasteiger partial charge in [-0.3, -0.25) is 19.5 Å². The van der Waals surface area contributed by atoms with Crippen LogP contribution in [0.5, 0.6) is 0 Å². The van der Waals surface area contributed by atoms with E-state index in [-0.39, 0.29) is 11.8 Å². The van der Waals surface area contributed by atoms with Crippen molar-refractivity contribution in [3.8, 4) is 0 Å². The van der Waals surface area contributed by atoms with Crippen molar-refractivity contribution in [3.05, 3.63) is 40.6 Å². The number of methoxy groups -OCH3 is 1. The van der Waals surface area contributed by atoms with Gasteiger partial charge in [-0.05, 0) is 56.7 Å². The molecule has 1 aliphatic carbocycles. The maximum Gasteiger partial charge on any atom is 0.254 e. The molecule has 0 unspecified atom stereocenters. The van der Waals surface area contributed by atoms with Crippen LogP contribution in [0.4, 0.5) is 0 Å². The number of hydrogen-bond acceptors (Lipinski definition) is 5. The average Bonchev–Trinajstić information content (AvgIpc) is 2.80. The molecule has 1 fully saturated rings. The highest BCUT2D eigenvalue weighted by Crippen LogP contribution is 2.31. The van der Waals surface area contributed by atoms with Crippen molar-refractivity contribution in [3.63, 3.8) is 0 Å². The first-order chi connectivity index (χ1) is 15.6. The molecule has 172 valence electrons. The van der Waals surface area contributed by atoms with Gasteiger partial charge >= 0.3 is 0 Å². The summed E-state index contributed by atoms with van der Waals surface area (Å²) in [5.74, 6) is 0.148. The molecule has 0 radical (unpaired) electrons. The van der Waals surface area contributed by atoms with Gasteiger partial charge in [0.05, 0.1) is 17.6 Å². The van der Waals surface area contributed by atoms with E-state index in [0.717, 1.165) is 65.4 Å². The Morgan fingerprint density at radius 3 is 2.69 bits per heavy atom. The van der Waals surface area contributed by atoms with Crippen LogP contribution in [-0.2, 0) is 22.4 Å². The second-order valence-corrected chi connectivity index (χ2v) is 8.90. The van der Waals surface area contributed by atoms with E-state index in [9.17, 15) is 9.59 Å². The summed E-state index contributed by atoms with van der Waals surface area (Å²) < 4.78 is 5.01. The Hall–Kier alpha value is -2.51. The fourth-order valence-electron chi connectivity index (χ4n) is 4.75. The largest absolute Gasteiger partial charge is 0.385 e. The van der Waals surface area contributed by atoms with Gasteiger partial charge in [0.1, 0.15) is 0 Å². The molecule has 2 aliphatic rings. The van der Waals surface area contributed by atoms with Crippen molar-refractivity contribution in [2.75, 3.05) is 53.0 Å². The average molecular weight is 439 g/mol. The summed E-state index contributed by atoms with van der Waals surface area (Å²) in [6, 6.07) is 6.21. The third-order valence-electron chi connectivity index (χ3n) is 6.51. The Kier molecular flexibility index (Phi) is 7.37. The second-order valence-electron chi connectivity index (χ2n) is 8.90. The molecule has 2 aromatic rings. The number of ether oxygens (including phenoxy) is 1. The number of carbonyl (C=O) groups excluding carboxylic acids is 2. The van der Waals surface area contributed by atoms with Gasteiger partial charge in [0.2, 0.25) is 5.91 Å². The zero-order valence-electron chi connectivity index (χ0n) is 19.3. The number of carbonyl (C=O) groups is 2. The zero-order chi connectivity index (χ0) is 22.5. The maximum absolute atomic E-state index is 13.7. The number of rotatable bonds is 7. The van der Waals surface area contributed by atoms with Gasteiger partial charge in [0.15, 0.2) is 0 Å². The van der Waals surface area contributed by atoms with Gasteiger partial charge in [-0.15, -0.1) is 0 Å². The fraction of sp³-hybridized carbons (Fsp3) is 0.560. The Morgan fingerprint density at radius 1 is 1.12 bits per heavy atom. The SMILES string of the molecule is COCCCNC(=O)CN1CCN(C(=O)c2c3c(nc4ccc(C)cc24)CCCC3)CC1. The highest BCUT2D eigenvalue weighted by Gasteiger charge is 2.28. The first-order valence-corrected chi connectivity index (χ1v) is 11.8. The summed E-state index contributed by atoms with van der Waals surface area (Å²) >= 11 is 0. The van der Waals surface area contributed by atoms with Crippen molar-refractivity contribution in [2.45, 2.75) is 39.0 Å². The number of piperazine rings is 1. The summed E-state index contributed by atoms with van der Waals surface area (Å²) in [5.41, 5.74) is 5.17. The molecule has 0 bridgehead atoms. The Bertz CT molecular complexity index is 983. The molecule has 1 aliphatic heterocycles. The summed E-state index contributed by atoms with van der Waals surface area (Å²) in [4.78, 5) is 34.9. The van der Waals surface area contributed by atoms with E-state index < -0.39 is 0 Å². The predicted molar refractivity (Wildman–Crippen MR) is 125 cm³/mol. The fourth-order valence-corrected chi connectivity index (χ4v) is 4.75. The monoisotopic (exact) mass is 438 g/mol. The number of pyridine rings is 1. The molecular weight excluding hydrogens is 404 g/mol. The van der Waals surface area contributed by atoms with Crippen molar-refractivity contribution < 1.29 is 14.3 Å². The lowest BCUT2D eigenvalue weighted by atomic mass is 9.89. The molecule has 2 heterocycles. The van der Waals surface area contributed by atoms with Crippen molar-refractivity contribution in [1.29, 1.82) is 0 Å². The standard InChI is InChI=1S/C25H34N4O3/c1-18-8-9-22-20(16-18)24(19-6-3-4-7-21(19)27-22)25(31)29-13-11-28(12-14-29)17-23(30)26-10-5-15-32-2/h8-9,16H,3-7,10-15,17H2,1-2H3,(H,26,30).